The first-order valence-corrected chi connectivity index (χ1v) is 40.5. The van der Waals surface area contributed by atoms with Crippen molar-refractivity contribution in [3.8, 4) is 0 Å². The highest BCUT2D eigenvalue weighted by Crippen LogP contribution is 2.76. The fraction of sp³-hybridized carbons (Fsp3) is 0.844. The van der Waals surface area contributed by atoms with Gasteiger partial charge in [0.2, 0.25) is 0 Å². The molecule has 18 rings (SSSR count). The molecule has 1 spiro atoms. The van der Waals surface area contributed by atoms with E-state index in [4.69, 9.17) is 22.1 Å². The Morgan fingerprint density at radius 1 is 0.633 bits per heavy atom. The molecule has 5 nitrogen and oxygen atoms in total. The molecule has 8 saturated carbocycles. The molecule has 2 bridgehead atoms. The predicted octanol–water partition coefficient (Wildman–Crippen LogP) is 19.3. The topological polar surface area (TPSA) is 28.2 Å². The highest BCUT2D eigenvalue weighted by Gasteiger charge is 2.72. The van der Waals surface area contributed by atoms with Crippen LogP contribution in [0.2, 0.25) is 0 Å². The maximum atomic E-state index is 16.1. The molecular weight excluding hydrogens is 1180 g/mol. The van der Waals surface area contributed by atoms with Crippen molar-refractivity contribution in [3.05, 3.63) is 68.1 Å². The average Bonchev–Trinajstić information content (AvgIpc) is 1.46. The lowest BCUT2D eigenvalue weighted by Gasteiger charge is -2.61. The molecule has 11 fully saturated rings. The molecule has 18 atom stereocenters. The fourth-order valence-electron chi connectivity index (χ4n) is 27.3. The molecular formula is C77H106F6N3O2S2+. The van der Waals surface area contributed by atoms with Gasteiger partial charge in [-0.3, -0.25) is 0 Å². The molecule has 3 saturated heterocycles. The number of thiol groups is 1. The number of alkyl halides is 6. The summed E-state index contributed by atoms with van der Waals surface area (Å²) >= 11 is 5.28. The maximum Gasteiger partial charge on any atom is 0.394 e. The summed E-state index contributed by atoms with van der Waals surface area (Å²) < 4.78 is 108. The Balaban J connectivity index is 0.833. The van der Waals surface area contributed by atoms with Gasteiger partial charge in [0.15, 0.2) is 0 Å². The third kappa shape index (κ3) is 8.62. The van der Waals surface area contributed by atoms with Gasteiger partial charge in [-0.15, -0.1) is 0 Å². The molecule has 0 aromatic rings. The van der Waals surface area contributed by atoms with Crippen LogP contribution in [0.25, 0.3) is 0 Å². The van der Waals surface area contributed by atoms with Crippen LogP contribution in [-0.2, 0) is 20.4 Å². The van der Waals surface area contributed by atoms with Crippen LogP contribution in [0.15, 0.2) is 68.1 Å². The number of ether oxygens (including phenoxy) is 2. The van der Waals surface area contributed by atoms with Crippen LogP contribution in [0.4, 0.5) is 26.3 Å². The van der Waals surface area contributed by atoms with Crippen molar-refractivity contribution in [1.82, 2.24) is 14.7 Å². The first-order chi connectivity index (χ1) is 43.5. The van der Waals surface area contributed by atoms with Crippen molar-refractivity contribution >= 4 is 23.5 Å². The number of hydrogen-bond acceptors (Lipinski definition) is 6. The van der Waals surface area contributed by atoms with Gasteiger partial charge in [-0.25, -0.2) is 0 Å². The normalized spacial score (nSPS) is 46.9. The average molecular weight is 1280 g/mol. The second-order valence-electron chi connectivity index (χ2n) is 34.2. The lowest BCUT2D eigenvalue weighted by Crippen LogP contribution is -2.59. The quantitative estimate of drug-likeness (QED) is 0.156. The lowest BCUT2D eigenvalue weighted by molar-refractivity contribution is -0.220. The Morgan fingerprint density at radius 3 is 2.16 bits per heavy atom. The minimum Gasteiger partial charge on any atom is -0.491 e. The number of allylic oxidation sites excluding steroid dienone is 10. The van der Waals surface area contributed by atoms with Crippen molar-refractivity contribution in [2.24, 2.45) is 70.0 Å². The van der Waals surface area contributed by atoms with E-state index < -0.39 is 29.2 Å². The third-order valence-electron chi connectivity index (χ3n) is 30.6. The molecule has 0 aromatic heterocycles. The monoisotopic (exact) mass is 1280 g/mol. The standard InChI is InChI=1S/C77H105F6N3O2S2/c1-43-28-34-54-52-19-12-26-64(89)70(52)88-72(54)67(43)86(74-38-36-73(42-74,37-39-74)77(81,82)83)63-41-59-66(49-16-5-4-14-47(49)63)55-35-33-46(40-58(55)75(59)56-21-7-9-24-61(56)85-60-23-8-6-15-48(60)50-17-10-22-57(75)68(50)85)84(45-31-29-44(30-32-45)76(78,79)80)62-25-11-18-51-53-20-13-27-65(90(2)3)71(53)87-69(51)62/h25,43-46,48,50-54,57,59-60,64-65,68-71H,4-24,26-42H2,1-3H3/p+1. The number of fused-ring (bicyclic) bond motifs is 19. The van der Waals surface area contributed by atoms with Gasteiger partial charge in [0.1, 0.15) is 29.3 Å². The van der Waals surface area contributed by atoms with Gasteiger partial charge in [0.25, 0.3) is 0 Å². The highest BCUT2D eigenvalue weighted by molar-refractivity contribution is 7.96. The van der Waals surface area contributed by atoms with Crippen LogP contribution in [0, 0.1) is 70.0 Å². The first kappa shape index (κ1) is 60.3. The minimum absolute atomic E-state index is 0.00301. The van der Waals surface area contributed by atoms with Crippen molar-refractivity contribution in [2.75, 3.05) is 12.5 Å². The van der Waals surface area contributed by atoms with E-state index in [1.165, 1.54) is 99.7 Å². The zero-order valence-corrected chi connectivity index (χ0v) is 56.4. The molecule has 90 heavy (non-hydrogen) atoms. The molecule has 0 radical (unpaired) electrons. The maximum absolute atomic E-state index is 16.1. The Bertz CT molecular complexity index is 3080. The molecule has 0 amide bonds. The van der Waals surface area contributed by atoms with Crippen molar-refractivity contribution in [3.63, 3.8) is 0 Å². The van der Waals surface area contributed by atoms with E-state index in [2.05, 4.69) is 40.2 Å². The van der Waals surface area contributed by atoms with Gasteiger partial charge in [0, 0.05) is 75.2 Å². The summed E-state index contributed by atoms with van der Waals surface area (Å²) in [5.41, 5.74) is 13.4. The number of nitrogens with zero attached hydrogens (tertiary/aromatic N) is 3. The van der Waals surface area contributed by atoms with Crippen LogP contribution in [-0.4, -0.2) is 98.1 Å². The Kier molecular flexibility index (Phi) is 14.7. The van der Waals surface area contributed by atoms with Gasteiger partial charge in [0.05, 0.1) is 29.5 Å². The number of halogens is 6. The van der Waals surface area contributed by atoms with E-state index in [0.717, 1.165) is 121 Å². The van der Waals surface area contributed by atoms with Gasteiger partial charge in [-0.2, -0.15) is 39.0 Å². The van der Waals surface area contributed by atoms with Crippen molar-refractivity contribution in [1.29, 1.82) is 0 Å². The summed E-state index contributed by atoms with van der Waals surface area (Å²) in [6, 6.07) is 1.34. The molecule has 494 valence electrons. The summed E-state index contributed by atoms with van der Waals surface area (Å²) in [6.07, 6.45) is 36.1. The van der Waals surface area contributed by atoms with Gasteiger partial charge >= 0.3 is 12.4 Å². The van der Waals surface area contributed by atoms with E-state index in [0.29, 0.717) is 78.5 Å². The first-order valence-electron chi connectivity index (χ1n) is 37.9. The molecule has 13 heteroatoms. The zero-order valence-electron chi connectivity index (χ0n) is 54.7. The number of hydrogen-bond donors (Lipinski definition) is 1. The van der Waals surface area contributed by atoms with Crippen LogP contribution < -0.4 is 0 Å². The molecule has 0 aromatic carbocycles. The summed E-state index contributed by atoms with van der Waals surface area (Å²) in [7, 11) is 0.237. The van der Waals surface area contributed by atoms with Crippen molar-refractivity contribution in [2.45, 2.75) is 322 Å². The van der Waals surface area contributed by atoms with Gasteiger partial charge < -0.3 is 24.2 Å². The van der Waals surface area contributed by atoms with Gasteiger partial charge in [-0.05, 0) is 293 Å². The van der Waals surface area contributed by atoms with Crippen LogP contribution in [0.5, 0.6) is 0 Å². The fourth-order valence-corrected chi connectivity index (χ4v) is 29.2. The minimum atomic E-state index is -4.25. The van der Waals surface area contributed by atoms with E-state index in [-0.39, 0.29) is 95.9 Å². The summed E-state index contributed by atoms with van der Waals surface area (Å²) in [4.78, 5) is 8.89. The van der Waals surface area contributed by atoms with E-state index in [1.54, 1.807) is 33.6 Å². The highest BCUT2D eigenvalue weighted by atomic mass is 32.2. The van der Waals surface area contributed by atoms with Crippen LogP contribution >= 0.6 is 12.6 Å². The second kappa shape index (κ2) is 21.9. The van der Waals surface area contributed by atoms with Crippen LogP contribution in [0.1, 0.15) is 251 Å². The van der Waals surface area contributed by atoms with Crippen molar-refractivity contribution < 1.29 is 35.8 Å². The summed E-state index contributed by atoms with van der Waals surface area (Å²) in [5.74, 6) is 3.90. The molecule has 14 aliphatic carbocycles. The van der Waals surface area contributed by atoms with E-state index in [9.17, 15) is 13.2 Å². The smallest absolute Gasteiger partial charge is 0.394 e. The molecule has 4 heterocycles. The van der Waals surface area contributed by atoms with E-state index in [1.807, 2.05) is 0 Å². The SMILES string of the molecule is CC1CCC2C(=C1N(C1=C3CCCCC3=C3C4=C(CC(N(C5=CCCC6C5OC5C6CCCC5[S+](C)C)C5CCC(C(F)(F)F)CC5)CC4)C4(C5=C(CCCC5)N5C6CCCCC6C6CCCC4C65)C3C1)C13CCC(C(F)(F)F)(CC1)C3)OC1C(S)CCCC21. The predicted molar refractivity (Wildman–Crippen MR) is 349 cm³/mol. The van der Waals surface area contributed by atoms with Crippen LogP contribution in [0.3, 0.4) is 0 Å². The Morgan fingerprint density at radius 2 is 1.37 bits per heavy atom. The summed E-state index contributed by atoms with van der Waals surface area (Å²) in [5, 5.41) is 0.736. The third-order valence-corrected chi connectivity index (χ3v) is 32.8. The lowest BCUT2D eigenvalue weighted by atomic mass is 9.48. The zero-order chi connectivity index (χ0) is 61.1. The molecule has 18 aliphatic rings. The molecule has 4 aliphatic heterocycles. The second-order valence-corrected chi connectivity index (χ2v) is 37.2. The summed E-state index contributed by atoms with van der Waals surface area (Å²) in [6.45, 7) is 2.43. The largest absolute Gasteiger partial charge is 0.491 e. The molecule has 18 unspecified atom stereocenters. The molecule has 0 N–H and O–H groups in total. The Labute approximate surface area is 543 Å². The number of rotatable bonds is 7. The van der Waals surface area contributed by atoms with Gasteiger partial charge in [-0.1, -0.05) is 44.3 Å². The van der Waals surface area contributed by atoms with E-state index >= 15 is 13.2 Å². The Hall–Kier alpha value is -2.12.